The maximum atomic E-state index is 13.4. The summed E-state index contributed by atoms with van der Waals surface area (Å²) >= 11 is 0. The normalized spacial score (nSPS) is 13.9. The molecule has 0 atom stereocenters. The van der Waals surface area contributed by atoms with Gasteiger partial charge in [0.25, 0.3) is 5.91 Å². The van der Waals surface area contributed by atoms with Gasteiger partial charge in [-0.05, 0) is 42.3 Å². The van der Waals surface area contributed by atoms with Crippen molar-refractivity contribution in [2.45, 2.75) is 11.3 Å². The summed E-state index contributed by atoms with van der Waals surface area (Å²) < 4.78 is 44.3. The summed E-state index contributed by atoms with van der Waals surface area (Å²) in [4.78, 5) is 17.2. The summed E-state index contributed by atoms with van der Waals surface area (Å²) in [7, 11) is 2.55. The Hall–Kier alpha value is -3.76. The summed E-state index contributed by atoms with van der Waals surface area (Å²) in [6.45, 7) is 2.35. The molecule has 3 aromatic carbocycles. The van der Waals surface area contributed by atoms with Gasteiger partial charge in [0.15, 0.2) is 0 Å². The zero-order valence-corrected chi connectivity index (χ0v) is 23.6. The number of nitrogens with zero attached hydrogens (tertiary/aromatic N) is 3. The van der Waals surface area contributed by atoms with Gasteiger partial charge in [-0.2, -0.15) is 0 Å². The van der Waals surface area contributed by atoms with Crippen molar-refractivity contribution in [3.8, 4) is 17.2 Å². The smallest absolute Gasteiger partial charge is 0.254 e. The van der Waals surface area contributed by atoms with Gasteiger partial charge in [0, 0.05) is 51.4 Å². The maximum Gasteiger partial charge on any atom is 0.254 e. The fraction of sp³-hybridized carbons (Fsp3) is 0.345. The van der Waals surface area contributed by atoms with Crippen LogP contribution in [0.5, 0.6) is 17.2 Å². The average molecular weight is 554 g/mol. The minimum Gasteiger partial charge on any atom is -0.497 e. The predicted octanol–water partition coefficient (Wildman–Crippen LogP) is 3.54. The van der Waals surface area contributed by atoms with Gasteiger partial charge in [0.05, 0.1) is 31.9 Å². The third kappa shape index (κ3) is 6.46. The van der Waals surface area contributed by atoms with E-state index in [0.29, 0.717) is 67.6 Å². The van der Waals surface area contributed by atoms with Crippen LogP contribution in [-0.4, -0.2) is 84.6 Å². The first-order chi connectivity index (χ1) is 18.8. The summed E-state index contributed by atoms with van der Waals surface area (Å²) in [5, 5.41) is 0. The molecule has 1 aliphatic rings. The van der Waals surface area contributed by atoms with Crippen molar-refractivity contribution in [1.82, 2.24) is 9.21 Å². The van der Waals surface area contributed by atoms with Gasteiger partial charge in [-0.25, -0.2) is 12.7 Å². The number of carbonyl (C=O) groups is 1. The molecular formula is C29H35N3O6S. The molecular weight excluding hydrogens is 518 g/mol. The number of amides is 1. The molecule has 1 aliphatic heterocycles. The molecule has 0 aromatic heterocycles. The van der Waals surface area contributed by atoms with Crippen LogP contribution >= 0.6 is 0 Å². The van der Waals surface area contributed by atoms with Gasteiger partial charge in [-0.15, -0.1) is 0 Å². The Kier molecular flexibility index (Phi) is 8.98. The van der Waals surface area contributed by atoms with Crippen LogP contribution in [-0.2, 0) is 16.4 Å². The Morgan fingerprint density at radius 3 is 2.08 bits per heavy atom. The minimum atomic E-state index is -3.71. The highest BCUT2D eigenvalue weighted by Gasteiger charge is 2.27. The molecule has 0 spiro atoms. The van der Waals surface area contributed by atoms with Crippen LogP contribution < -0.4 is 19.1 Å². The molecule has 0 saturated carbocycles. The molecule has 3 aromatic rings. The van der Waals surface area contributed by atoms with Gasteiger partial charge in [-0.1, -0.05) is 30.3 Å². The second kappa shape index (κ2) is 12.4. The zero-order chi connectivity index (χ0) is 28.0. The van der Waals surface area contributed by atoms with E-state index in [1.54, 1.807) is 69.7 Å². The summed E-state index contributed by atoms with van der Waals surface area (Å²) in [6.07, 6.45) is 0.620. The summed E-state index contributed by atoms with van der Waals surface area (Å²) in [5.41, 5.74) is 2.25. The number of sulfonamides is 1. The quantitative estimate of drug-likeness (QED) is 0.380. The number of rotatable bonds is 10. The highest BCUT2D eigenvalue weighted by Crippen LogP contribution is 2.33. The lowest BCUT2D eigenvalue weighted by molar-refractivity contribution is 0.0746. The molecule has 9 nitrogen and oxygen atoms in total. The van der Waals surface area contributed by atoms with Crippen LogP contribution in [0.25, 0.3) is 0 Å². The van der Waals surface area contributed by atoms with E-state index in [1.807, 2.05) is 30.3 Å². The van der Waals surface area contributed by atoms with E-state index >= 15 is 0 Å². The summed E-state index contributed by atoms with van der Waals surface area (Å²) in [5.74, 6) is 1.56. The highest BCUT2D eigenvalue weighted by molar-refractivity contribution is 7.89. The van der Waals surface area contributed by atoms with Crippen molar-refractivity contribution in [3.05, 3.63) is 77.9 Å². The summed E-state index contributed by atoms with van der Waals surface area (Å²) in [6, 6.07) is 19.8. The van der Waals surface area contributed by atoms with Gasteiger partial charge >= 0.3 is 0 Å². The Labute approximate surface area is 230 Å². The number of piperazine rings is 1. The lowest BCUT2D eigenvalue weighted by Crippen LogP contribution is -2.49. The number of anilines is 1. The van der Waals surface area contributed by atoms with E-state index in [9.17, 15) is 13.2 Å². The van der Waals surface area contributed by atoms with Crippen LogP contribution in [0.3, 0.4) is 0 Å². The van der Waals surface area contributed by atoms with Gasteiger partial charge in [-0.3, -0.25) is 4.79 Å². The zero-order valence-electron chi connectivity index (χ0n) is 22.8. The number of hydrogen-bond acceptors (Lipinski definition) is 7. The Balaban J connectivity index is 1.47. The third-order valence-electron chi connectivity index (χ3n) is 6.92. The van der Waals surface area contributed by atoms with Crippen molar-refractivity contribution in [2.75, 3.05) is 66.0 Å². The van der Waals surface area contributed by atoms with Crippen LogP contribution in [0.4, 0.5) is 5.69 Å². The van der Waals surface area contributed by atoms with E-state index in [1.165, 1.54) is 4.31 Å². The van der Waals surface area contributed by atoms with Crippen LogP contribution in [0.1, 0.15) is 15.9 Å². The van der Waals surface area contributed by atoms with E-state index in [-0.39, 0.29) is 10.8 Å². The molecule has 39 heavy (non-hydrogen) atoms. The monoisotopic (exact) mass is 553 g/mol. The highest BCUT2D eigenvalue weighted by atomic mass is 32.2. The van der Waals surface area contributed by atoms with Crippen LogP contribution in [0, 0.1) is 0 Å². The number of benzene rings is 3. The Morgan fingerprint density at radius 2 is 1.49 bits per heavy atom. The molecule has 1 saturated heterocycles. The fourth-order valence-corrected chi connectivity index (χ4v) is 5.76. The second-order valence-corrected chi connectivity index (χ2v) is 11.3. The molecule has 208 valence electrons. The molecule has 0 radical (unpaired) electrons. The van der Waals surface area contributed by atoms with Crippen LogP contribution in [0.15, 0.2) is 71.6 Å². The van der Waals surface area contributed by atoms with E-state index in [4.69, 9.17) is 14.2 Å². The van der Waals surface area contributed by atoms with Gasteiger partial charge in [0.1, 0.15) is 17.2 Å². The van der Waals surface area contributed by atoms with E-state index in [0.717, 1.165) is 5.56 Å². The number of likely N-dealkylation sites (N-methyl/N-ethyl adjacent to an activating group) is 1. The fourth-order valence-electron chi connectivity index (χ4n) is 4.57. The predicted molar refractivity (Wildman–Crippen MR) is 151 cm³/mol. The van der Waals surface area contributed by atoms with Crippen molar-refractivity contribution in [3.63, 3.8) is 0 Å². The largest absolute Gasteiger partial charge is 0.497 e. The molecule has 0 aliphatic carbocycles. The molecule has 0 unspecified atom stereocenters. The molecule has 1 amide bonds. The SMILES string of the molecule is COc1cc(OC)cc(C(=O)N2CCN(c3cc(S(=O)(=O)N(C)CCc4ccccc4)ccc3OC)CC2)c1. The minimum absolute atomic E-state index is 0.116. The lowest BCUT2D eigenvalue weighted by atomic mass is 10.1. The number of hydrogen-bond donors (Lipinski definition) is 0. The average Bonchev–Trinajstić information content (AvgIpc) is 2.99. The topological polar surface area (TPSA) is 88.6 Å². The number of carbonyl (C=O) groups excluding carboxylic acids is 1. The maximum absolute atomic E-state index is 13.4. The molecule has 1 fully saturated rings. The van der Waals surface area contributed by atoms with Gasteiger partial charge in [0.2, 0.25) is 10.0 Å². The Morgan fingerprint density at radius 1 is 0.846 bits per heavy atom. The standard InChI is InChI=1S/C29H35N3O6S/c1-30(13-12-22-8-6-5-7-9-22)39(34,35)26-10-11-28(38-4)27(21-26)31-14-16-32(17-15-31)29(33)23-18-24(36-2)20-25(19-23)37-3/h5-11,18-21H,12-17H2,1-4H3. The lowest BCUT2D eigenvalue weighted by Gasteiger charge is -2.37. The number of ether oxygens (including phenoxy) is 3. The van der Waals surface area contributed by atoms with Crippen LogP contribution in [0.2, 0.25) is 0 Å². The molecule has 0 N–H and O–H groups in total. The van der Waals surface area contributed by atoms with Crippen molar-refractivity contribution in [2.24, 2.45) is 0 Å². The van der Waals surface area contributed by atoms with Gasteiger partial charge < -0.3 is 24.0 Å². The molecule has 4 rings (SSSR count). The first-order valence-corrected chi connectivity index (χ1v) is 14.2. The van der Waals surface area contributed by atoms with E-state index in [2.05, 4.69) is 4.90 Å². The molecule has 10 heteroatoms. The van der Waals surface area contributed by atoms with Crippen molar-refractivity contribution >= 4 is 21.6 Å². The molecule has 0 bridgehead atoms. The number of methoxy groups -OCH3 is 3. The first kappa shape index (κ1) is 28.3. The van der Waals surface area contributed by atoms with Crippen molar-refractivity contribution < 1.29 is 27.4 Å². The second-order valence-electron chi connectivity index (χ2n) is 9.28. The Bertz CT molecular complexity index is 1370. The molecule has 1 heterocycles. The van der Waals surface area contributed by atoms with Crippen molar-refractivity contribution in [1.29, 1.82) is 0 Å². The third-order valence-corrected chi connectivity index (χ3v) is 8.78. The first-order valence-electron chi connectivity index (χ1n) is 12.7. The van der Waals surface area contributed by atoms with E-state index < -0.39 is 10.0 Å².